The molecule has 2 unspecified atom stereocenters. The number of likely N-dealkylation sites (tertiary alicyclic amines) is 4. The Balaban J connectivity index is 1.04. The van der Waals surface area contributed by atoms with Crippen LogP contribution in [-0.4, -0.2) is 108 Å². The fourth-order valence-electron chi connectivity index (χ4n) is 8.92. The van der Waals surface area contributed by atoms with Gasteiger partial charge in [0.15, 0.2) is 6.10 Å². The van der Waals surface area contributed by atoms with Gasteiger partial charge in [-0.25, -0.2) is 4.79 Å². The minimum atomic E-state index is -0.975. The highest BCUT2D eigenvalue weighted by atomic mass is 35.5. The SMILES string of the molecule is CCc1cc(C[C@@H](OC(=O)N2CCC3(CC2)CC(=O)Nc2ccccc23)C(=O)N2CCC(N3CC4CC3CN4C)CC2)cc(Cl)c1N. The van der Waals surface area contributed by atoms with Gasteiger partial charge < -0.3 is 30.5 Å². The van der Waals surface area contributed by atoms with E-state index in [-0.39, 0.29) is 23.7 Å². The number of anilines is 2. The Morgan fingerprint density at radius 3 is 2.47 bits per heavy atom. The molecule has 4 saturated heterocycles. The van der Waals surface area contributed by atoms with Gasteiger partial charge in [-0.2, -0.15) is 0 Å². The third kappa shape index (κ3) is 6.20. The monoisotopic (exact) mass is 662 g/mol. The zero-order valence-corrected chi connectivity index (χ0v) is 28.3. The van der Waals surface area contributed by atoms with E-state index in [1.165, 1.54) is 6.42 Å². The molecule has 5 heterocycles. The molecule has 252 valence electrons. The Hall–Kier alpha value is -3.34. The summed E-state index contributed by atoms with van der Waals surface area (Å²) >= 11 is 6.50. The Morgan fingerprint density at radius 2 is 1.79 bits per heavy atom. The molecular formula is C36H47ClN6O4. The second-order valence-corrected chi connectivity index (χ2v) is 14.8. The predicted molar refractivity (Wildman–Crippen MR) is 183 cm³/mol. The number of nitrogen functional groups attached to an aromatic ring is 1. The van der Waals surface area contributed by atoms with Crippen molar-refractivity contribution in [2.75, 3.05) is 57.4 Å². The third-order valence-electron chi connectivity index (χ3n) is 11.6. The van der Waals surface area contributed by atoms with Crippen LogP contribution in [-0.2, 0) is 32.6 Å². The number of rotatable bonds is 6. The van der Waals surface area contributed by atoms with Gasteiger partial charge in [0, 0.05) is 81.3 Å². The van der Waals surface area contributed by atoms with Crippen molar-refractivity contribution >= 4 is 40.9 Å². The molecule has 5 aliphatic rings. The number of nitrogens with two attached hydrogens (primary N) is 1. The molecule has 0 aliphatic carbocycles. The van der Waals surface area contributed by atoms with E-state index in [4.69, 9.17) is 22.1 Å². The minimum Gasteiger partial charge on any atom is -0.436 e. The fraction of sp³-hybridized carbons (Fsp3) is 0.583. The number of nitrogens with zero attached hydrogens (tertiary/aromatic N) is 4. The number of aryl methyl sites for hydroxylation is 1. The minimum absolute atomic E-state index is 0.00679. The number of nitrogens with one attached hydrogen (secondary N) is 1. The zero-order chi connectivity index (χ0) is 32.9. The number of fused-ring (bicyclic) bond motifs is 4. The molecule has 0 radical (unpaired) electrons. The first-order chi connectivity index (χ1) is 22.6. The van der Waals surface area contributed by atoms with Gasteiger partial charge in [0.05, 0.1) is 10.7 Å². The maximum Gasteiger partial charge on any atom is 0.410 e. The summed E-state index contributed by atoms with van der Waals surface area (Å²) in [7, 11) is 2.22. The van der Waals surface area contributed by atoms with Crippen molar-refractivity contribution in [3.63, 3.8) is 0 Å². The van der Waals surface area contributed by atoms with Gasteiger partial charge in [0.2, 0.25) is 5.91 Å². The van der Waals surface area contributed by atoms with Crippen molar-refractivity contribution in [1.29, 1.82) is 0 Å². The number of benzene rings is 2. The molecule has 3 atom stereocenters. The molecule has 2 aromatic rings. The average Bonchev–Trinajstić information content (AvgIpc) is 3.66. The number of hydrogen-bond acceptors (Lipinski definition) is 7. The van der Waals surface area contributed by atoms with Crippen LogP contribution in [0, 0.1) is 0 Å². The lowest BCUT2D eigenvalue weighted by Gasteiger charge is -2.44. The van der Waals surface area contributed by atoms with Crippen molar-refractivity contribution in [3.8, 4) is 0 Å². The standard InChI is InChI=1S/C36H47ClN6O4/c1-3-24-16-23(17-29(37)33(24)38)18-31(34(45)41-12-8-25(9-13-41)43-22-26-19-27(43)21-40(26)2)47-35(46)42-14-10-36(11-15-42)20-32(44)39-30-7-5-4-6-28(30)36/h4-7,16-17,25-27,31H,3,8-15,18-22,38H2,1-2H3,(H,39,44)/t26?,27?,31-/m1/s1. The van der Waals surface area contributed by atoms with Gasteiger partial charge in [0.25, 0.3) is 5.91 Å². The molecule has 10 nitrogen and oxygen atoms in total. The van der Waals surface area contributed by atoms with E-state index < -0.39 is 12.2 Å². The van der Waals surface area contributed by atoms with E-state index in [0.717, 1.165) is 48.3 Å². The molecule has 5 aliphatic heterocycles. The average molecular weight is 663 g/mol. The number of hydrogen-bond donors (Lipinski definition) is 2. The molecule has 1 spiro atoms. The van der Waals surface area contributed by atoms with Crippen LogP contribution in [0.3, 0.4) is 0 Å². The Bertz CT molecular complexity index is 1530. The molecule has 47 heavy (non-hydrogen) atoms. The number of amides is 3. The second-order valence-electron chi connectivity index (χ2n) is 14.4. The quantitative estimate of drug-likeness (QED) is 0.444. The Morgan fingerprint density at radius 1 is 1.04 bits per heavy atom. The van der Waals surface area contributed by atoms with Gasteiger partial charge in [-0.15, -0.1) is 0 Å². The fourth-order valence-corrected chi connectivity index (χ4v) is 9.18. The summed E-state index contributed by atoms with van der Waals surface area (Å²) in [5, 5.41) is 3.44. The third-order valence-corrected chi connectivity index (χ3v) is 12.0. The molecule has 0 aromatic heterocycles. The van der Waals surface area contributed by atoms with E-state index in [1.54, 1.807) is 11.0 Å². The predicted octanol–water partition coefficient (Wildman–Crippen LogP) is 4.29. The number of para-hydroxylation sites is 1. The van der Waals surface area contributed by atoms with E-state index in [9.17, 15) is 14.4 Å². The number of carbonyl (C=O) groups excluding carboxylic acids is 3. The summed E-state index contributed by atoms with van der Waals surface area (Å²) in [5.74, 6) is -0.149. The Labute approximate surface area is 282 Å². The summed E-state index contributed by atoms with van der Waals surface area (Å²) < 4.78 is 6.12. The molecule has 11 heteroatoms. The van der Waals surface area contributed by atoms with E-state index in [0.29, 0.717) is 80.7 Å². The van der Waals surface area contributed by atoms with Crippen LogP contribution in [0.5, 0.6) is 0 Å². The van der Waals surface area contributed by atoms with Gasteiger partial charge in [-0.1, -0.05) is 42.8 Å². The molecule has 4 fully saturated rings. The normalized spacial score (nSPS) is 25.1. The van der Waals surface area contributed by atoms with Crippen LogP contribution in [0.25, 0.3) is 0 Å². The first-order valence-corrected chi connectivity index (χ1v) is 17.7. The van der Waals surface area contributed by atoms with Crippen LogP contribution >= 0.6 is 11.6 Å². The van der Waals surface area contributed by atoms with E-state index >= 15 is 0 Å². The number of piperidine rings is 2. The zero-order valence-electron chi connectivity index (χ0n) is 27.6. The van der Waals surface area contributed by atoms with Gasteiger partial charge in [0.1, 0.15) is 0 Å². The summed E-state index contributed by atoms with van der Waals surface area (Å²) in [6.07, 6.45) is 4.27. The lowest BCUT2D eigenvalue weighted by molar-refractivity contribution is -0.142. The number of halogens is 1. The van der Waals surface area contributed by atoms with Gasteiger partial charge >= 0.3 is 6.09 Å². The summed E-state index contributed by atoms with van der Waals surface area (Å²) in [6.45, 7) is 6.46. The smallest absolute Gasteiger partial charge is 0.410 e. The van der Waals surface area contributed by atoms with Gasteiger partial charge in [-0.05, 0) is 74.4 Å². The molecule has 2 bridgehead atoms. The van der Waals surface area contributed by atoms with Crippen molar-refractivity contribution in [2.45, 2.75) is 87.9 Å². The van der Waals surface area contributed by atoms with Crippen molar-refractivity contribution in [3.05, 3.63) is 58.1 Å². The molecular weight excluding hydrogens is 616 g/mol. The highest BCUT2D eigenvalue weighted by molar-refractivity contribution is 6.33. The van der Waals surface area contributed by atoms with Crippen molar-refractivity contribution in [2.24, 2.45) is 0 Å². The topological polar surface area (TPSA) is 111 Å². The highest BCUT2D eigenvalue weighted by Gasteiger charge is 2.46. The first-order valence-electron chi connectivity index (χ1n) is 17.3. The van der Waals surface area contributed by atoms with Crippen LogP contribution in [0.15, 0.2) is 36.4 Å². The van der Waals surface area contributed by atoms with Crippen LogP contribution in [0.4, 0.5) is 16.2 Å². The van der Waals surface area contributed by atoms with E-state index in [2.05, 4.69) is 28.2 Å². The Kier molecular flexibility index (Phi) is 8.87. The number of likely N-dealkylation sites (N-methyl/N-ethyl adjacent to an activating group) is 1. The molecule has 2 aromatic carbocycles. The van der Waals surface area contributed by atoms with Crippen molar-refractivity contribution in [1.82, 2.24) is 19.6 Å². The molecule has 3 amide bonds. The van der Waals surface area contributed by atoms with E-state index in [1.807, 2.05) is 36.1 Å². The number of carbonyl (C=O) groups is 3. The molecule has 7 rings (SSSR count). The molecule has 3 N–H and O–H groups in total. The lowest BCUT2D eigenvalue weighted by Crippen LogP contribution is -2.55. The van der Waals surface area contributed by atoms with Gasteiger partial charge in [-0.3, -0.25) is 14.5 Å². The second kappa shape index (κ2) is 12.9. The van der Waals surface area contributed by atoms with Crippen molar-refractivity contribution < 1.29 is 19.1 Å². The number of piperazine rings is 1. The largest absolute Gasteiger partial charge is 0.436 e. The lowest BCUT2D eigenvalue weighted by atomic mass is 9.68. The number of ether oxygens (including phenoxy) is 1. The van der Waals surface area contributed by atoms with Crippen LogP contribution in [0.2, 0.25) is 5.02 Å². The molecule has 0 saturated carbocycles. The highest BCUT2D eigenvalue weighted by Crippen LogP contribution is 2.45. The maximum atomic E-state index is 14.1. The summed E-state index contributed by atoms with van der Waals surface area (Å²) in [4.78, 5) is 49.2. The van der Waals surface area contributed by atoms with Crippen LogP contribution in [0.1, 0.15) is 62.1 Å². The summed E-state index contributed by atoms with van der Waals surface area (Å²) in [5.41, 5.74) is 10.2. The first kappa shape index (κ1) is 32.2. The maximum absolute atomic E-state index is 14.1. The summed E-state index contributed by atoms with van der Waals surface area (Å²) in [6, 6.07) is 13.5. The van der Waals surface area contributed by atoms with Crippen LogP contribution < -0.4 is 11.1 Å².